The summed E-state index contributed by atoms with van der Waals surface area (Å²) in [5, 5.41) is 2.88. The van der Waals surface area contributed by atoms with Crippen molar-refractivity contribution in [2.75, 3.05) is 5.32 Å². The molecule has 0 bridgehead atoms. The van der Waals surface area contributed by atoms with E-state index >= 15 is 0 Å². The van der Waals surface area contributed by atoms with Gasteiger partial charge in [-0.25, -0.2) is 0 Å². The first-order valence-corrected chi connectivity index (χ1v) is 6.66. The van der Waals surface area contributed by atoms with Gasteiger partial charge in [0.1, 0.15) is 0 Å². The summed E-state index contributed by atoms with van der Waals surface area (Å²) in [7, 11) is 0. The van der Waals surface area contributed by atoms with Gasteiger partial charge in [-0.3, -0.25) is 4.79 Å². The van der Waals surface area contributed by atoms with Crippen LogP contribution in [0.2, 0.25) is 0 Å². The lowest BCUT2D eigenvalue weighted by atomic mass is 10.1. The Labute approximate surface area is 118 Å². The predicted molar refractivity (Wildman–Crippen MR) is 79.9 cm³/mol. The van der Waals surface area contributed by atoms with Crippen LogP contribution in [0.5, 0.6) is 0 Å². The van der Waals surface area contributed by atoms with E-state index in [1.807, 2.05) is 56.3 Å². The molecular formula is C16H16ClNO. The average molecular weight is 274 g/mol. The van der Waals surface area contributed by atoms with Crippen molar-refractivity contribution in [3.8, 4) is 0 Å². The lowest BCUT2D eigenvalue weighted by molar-refractivity contribution is 0.102. The van der Waals surface area contributed by atoms with Crippen molar-refractivity contribution in [2.24, 2.45) is 0 Å². The van der Waals surface area contributed by atoms with E-state index in [4.69, 9.17) is 11.6 Å². The molecule has 2 aromatic rings. The summed E-state index contributed by atoms with van der Waals surface area (Å²) in [5.74, 6) is 0.385. The van der Waals surface area contributed by atoms with E-state index in [1.165, 1.54) is 0 Å². The van der Waals surface area contributed by atoms with Gasteiger partial charge in [0.15, 0.2) is 0 Å². The molecule has 0 aromatic heterocycles. The van der Waals surface area contributed by atoms with E-state index in [0.29, 0.717) is 11.4 Å². The van der Waals surface area contributed by atoms with Crippen LogP contribution in [0.25, 0.3) is 0 Å². The number of aryl methyl sites for hydroxylation is 2. The van der Waals surface area contributed by atoms with Crippen LogP contribution < -0.4 is 5.32 Å². The van der Waals surface area contributed by atoms with Crippen LogP contribution in [0.4, 0.5) is 5.69 Å². The summed E-state index contributed by atoms with van der Waals surface area (Å²) < 4.78 is 0. The molecule has 98 valence electrons. The number of rotatable bonds is 3. The standard InChI is InChI=1S/C16H16ClNO/c1-11-7-12(2)9-14(8-11)16(19)18-15-5-3-13(10-17)4-6-15/h3-9H,10H2,1-2H3,(H,18,19). The van der Waals surface area contributed by atoms with E-state index in [1.54, 1.807) is 0 Å². The zero-order chi connectivity index (χ0) is 13.8. The van der Waals surface area contributed by atoms with Crippen molar-refractivity contribution in [1.29, 1.82) is 0 Å². The molecule has 0 heterocycles. The highest BCUT2D eigenvalue weighted by atomic mass is 35.5. The molecule has 0 aliphatic rings. The Balaban J connectivity index is 2.15. The number of carbonyl (C=O) groups excluding carboxylic acids is 1. The second kappa shape index (κ2) is 5.89. The van der Waals surface area contributed by atoms with Gasteiger partial charge in [-0.15, -0.1) is 11.6 Å². The molecule has 0 aliphatic heterocycles. The van der Waals surface area contributed by atoms with Crippen LogP contribution >= 0.6 is 11.6 Å². The minimum atomic E-state index is -0.0922. The third-order valence-electron chi connectivity index (χ3n) is 2.85. The summed E-state index contributed by atoms with van der Waals surface area (Å²) in [6.07, 6.45) is 0. The molecule has 2 aromatic carbocycles. The molecule has 0 saturated carbocycles. The maximum absolute atomic E-state index is 12.1. The second-order valence-corrected chi connectivity index (χ2v) is 4.93. The Morgan fingerprint density at radius 2 is 1.63 bits per heavy atom. The van der Waals surface area contributed by atoms with Crippen molar-refractivity contribution in [2.45, 2.75) is 19.7 Å². The van der Waals surface area contributed by atoms with E-state index < -0.39 is 0 Å². The molecule has 2 rings (SSSR count). The first-order chi connectivity index (χ1) is 9.08. The SMILES string of the molecule is Cc1cc(C)cc(C(=O)Nc2ccc(CCl)cc2)c1. The van der Waals surface area contributed by atoms with Crippen molar-refractivity contribution in [3.63, 3.8) is 0 Å². The van der Waals surface area contributed by atoms with Crippen LogP contribution in [0.1, 0.15) is 27.0 Å². The van der Waals surface area contributed by atoms with Crippen molar-refractivity contribution < 1.29 is 4.79 Å². The molecule has 1 N–H and O–H groups in total. The molecule has 3 heteroatoms. The Morgan fingerprint density at radius 3 is 2.16 bits per heavy atom. The van der Waals surface area contributed by atoms with Crippen molar-refractivity contribution >= 4 is 23.2 Å². The lowest BCUT2D eigenvalue weighted by Gasteiger charge is -2.07. The maximum Gasteiger partial charge on any atom is 0.255 e. The summed E-state index contributed by atoms with van der Waals surface area (Å²) >= 11 is 5.73. The van der Waals surface area contributed by atoms with Crippen LogP contribution in [0.3, 0.4) is 0 Å². The normalized spacial score (nSPS) is 10.3. The molecule has 19 heavy (non-hydrogen) atoms. The number of hydrogen-bond donors (Lipinski definition) is 1. The Kier molecular flexibility index (Phi) is 4.23. The van der Waals surface area contributed by atoms with Crippen LogP contribution in [-0.2, 0) is 5.88 Å². The average Bonchev–Trinajstić information content (AvgIpc) is 2.38. The number of halogens is 1. The fourth-order valence-electron chi connectivity index (χ4n) is 1.99. The molecule has 0 unspecified atom stereocenters. The second-order valence-electron chi connectivity index (χ2n) is 4.66. The smallest absolute Gasteiger partial charge is 0.255 e. The molecule has 0 atom stereocenters. The summed E-state index contributed by atoms with van der Waals surface area (Å²) in [6.45, 7) is 3.97. The zero-order valence-electron chi connectivity index (χ0n) is 11.0. The van der Waals surface area contributed by atoms with Gasteiger partial charge in [0.2, 0.25) is 0 Å². The molecule has 0 aliphatic carbocycles. The number of amides is 1. The van der Waals surface area contributed by atoms with E-state index in [-0.39, 0.29) is 5.91 Å². The molecule has 0 saturated heterocycles. The molecule has 0 radical (unpaired) electrons. The number of nitrogens with one attached hydrogen (secondary N) is 1. The first kappa shape index (κ1) is 13.6. The third kappa shape index (κ3) is 3.58. The number of alkyl halides is 1. The summed E-state index contributed by atoms with van der Waals surface area (Å²) in [4.78, 5) is 12.1. The maximum atomic E-state index is 12.1. The minimum absolute atomic E-state index is 0.0922. The molecule has 0 fully saturated rings. The van der Waals surface area contributed by atoms with Gasteiger partial charge < -0.3 is 5.32 Å². The van der Waals surface area contributed by atoms with Crippen LogP contribution in [-0.4, -0.2) is 5.91 Å². The number of hydrogen-bond acceptors (Lipinski definition) is 1. The minimum Gasteiger partial charge on any atom is -0.322 e. The van der Waals surface area contributed by atoms with Crippen molar-refractivity contribution in [1.82, 2.24) is 0 Å². The molecule has 2 nitrogen and oxygen atoms in total. The lowest BCUT2D eigenvalue weighted by Crippen LogP contribution is -2.12. The molecule has 0 spiro atoms. The number of benzene rings is 2. The topological polar surface area (TPSA) is 29.1 Å². The van der Waals surface area contributed by atoms with Gasteiger partial charge >= 0.3 is 0 Å². The number of carbonyl (C=O) groups is 1. The van der Waals surface area contributed by atoms with E-state index in [9.17, 15) is 4.79 Å². The summed E-state index contributed by atoms with van der Waals surface area (Å²) in [6, 6.07) is 13.3. The van der Waals surface area contributed by atoms with Gasteiger partial charge in [-0.05, 0) is 43.7 Å². The number of anilines is 1. The molecular weight excluding hydrogens is 258 g/mol. The largest absolute Gasteiger partial charge is 0.322 e. The van der Waals surface area contributed by atoms with Gasteiger partial charge in [-0.2, -0.15) is 0 Å². The molecule has 1 amide bonds. The highest BCUT2D eigenvalue weighted by molar-refractivity contribution is 6.17. The zero-order valence-corrected chi connectivity index (χ0v) is 11.8. The summed E-state index contributed by atoms with van der Waals surface area (Å²) in [5.41, 5.74) is 4.66. The Morgan fingerprint density at radius 1 is 1.05 bits per heavy atom. The highest BCUT2D eigenvalue weighted by Crippen LogP contribution is 2.14. The Hall–Kier alpha value is -1.80. The fourth-order valence-corrected chi connectivity index (χ4v) is 2.16. The van der Waals surface area contributed by atoms with E-state index in [0.717, 1.165) is 22.4 Å². The van der Waals surface area contributed by atoms with Gasteiger partial charge in [0, 0.05) is 17.1 Å². The van der Waals surface area contributed by atoms with Gasteiger partial charge in [0.25, 0.3) is 5.91 Å². The fraction of sp³-hybridized carbons (Fsp3) is 0.188. The highest BCUT2D eigenvalue weighted by Gasteiger charge is 2.07. The van der Waals surface area contributed by atoms with Gasteiger partial charge in [-0.1, -0.05) is 29.3 Å². The monoisotopic (exact) mass is 273 g/mol. The quantitative estimate of drug-likeness (QED) is 0.830. The first-order valence-electron chi connectivity index (χ1n) is 6.13. The van der Waals surface area contributed by atoms with E-state index in [2.05, 4.69) is 5.32 Å². The van der Waals surface area contributed by atoms with Crippen LogP contribution in [0.15, 0.2) is 42.5 Å². The van der Waals surface area contributed by atoms with Crippen molar-refractivity contribution in [3.05, 3.63) is 64.7 Å². The third-order valence-corrected chi connectivity index (χ3v) is 3.16. The van der Waals surface area contributed by atoms with Crippen LogP contribution in [0, 0.1) is 13.8 Å². The Bertz CT molecular complexity index is 570. The predicted octanol–water partition coefficient (Wildman–Crippen LogP) is 4.29. The van der Waals surface area contributed by atoms with Gasteiger partial charge in [0.05, 0.1) is 0 Å².